The molecule has 1 aliphatic rings. The van der Waals surface area contributed by atoms with Gasteiger partial charge in [0.15, 0.2) is 0 Å². The minimum absolute atomic E-state index is 0.357. The summed E-state index contributed by atoms with van der Waals surface area (Å²) in [5.41, 5.74) is 2.19. The Bertz CT molecular complexity index is 769. The van der Waals surface area contributed by atoms with Crippen LogP contribution in [0.25, 0.3) is 0 Å². The van der Waals surface area contributed by atoms with E-state index in [4.69, 9.17) is 0 Å². The molecule has 0 amide bonds. The standard InChI is InChI=1S/C20H26N2O2S/c23-25(24,21-13-12-18-8-3-1-4-9-18)20-11-7-10-19(16-20)17-22-14-5-2-6-15-22/h1,3-4,7-11,16,21H,2,5-6,12-15,17H2. The van der Waals surface area contributed by atoms with E-state index in [9.17, 15) is 8.42 Å². The first-order valence-corrected chi connectivity index (χ1v) is 10.5. The SMILES string of the molecule is O=S(=O)(NCCc1ccccc1)c1cccc(CN2CCCCC2)c1. The van der Waals surface area contributed by atoms with Crippen LogP contribution in [0.1, 0.15) is 30.4 Å². The first kappa shape index (κ1) is 18.1. The number of hydrogen-bond acceptors (Lipinski definition) is 3. The Morgan fingerprint density at radius 2 is 1.60 bits per heavy atom. The van der Waals surface area contributed by atoms with Crippen LogP contribution in [0.4, 0.5) is 0 Å². The van der Waals surface area contributed by atoms with Gasteiger partial charge >= 0.3 is 0 Å². The van der Waals surface area contributed by atoms with Gasteiger partial charge in [0.2, 0.25) is 10.0 Å². The van der Waals surface area contributed by atoms with Crippen molar-refractivity contribution in [3.05, 3.63) is 65.7 Å². The summed E-state index contributed by atoms with van der Waals surface area (Å²) in [6.45, 7) is 3.44. The molecule has 0 unspecified atom stereocenters. The lowest BCUT2D eigenvalue weighted by atomic mass is 10.1. The van der Waals surface area contributed by atoms with Crippen molar-refractivity contribution in [3.63, 3.8) is 0 Å². The molecule has 1 saturated heterocycles. The summed E-state index contributed by atoms with van der Waals surface area (Å²) < 4.78 is 27.8. The summed E-state index contributed by atoms with van der Waals surface area (Å²) in [7, 11) is -3.46. The predicted molar refractivity (Wildman–Crippen MR) is 101 cm³/mol. The van der Waals surface area contributed by atoms with Crippen LogP contribution in [0.15, 0.2) is 59.5 Å². The smallest absolute Gasteiger partial charge is 0.240 e. The highest BCUT2D eigenvalue weighted by Gasteiger charge is 2.15. The van der Waals surface area contributed by atoms with Gasteiger partial charge in [0.1, 0.15) is 0 Å². The number of nitrogens with one attached hydrogen (secondary N) is 1. The molecule has 2 aromatic carbocycles. The van der Waals surface area contributed by atoms with E-state index >= 15 is 0 Å². The fraction of sp³-hybridized carbons (Fsp3) is 0.400. The molecular weight excluding hydrogens is 332 g/mol. The Kier molecular flexibility index (Phi) is 6.24. The second kappa shape index (κ2) is 8.61. The molecule has 134 valence electrons. The second-order valence-corrected chi connectivity index (χ2v) is 8.38. The normalized spacial score (nSPS) is 16.0. The maximum absolute atomic E-state index is 12.5. The van der Waals surface area contributed by atoms with Gasteiger partial charge in [-0.05, 0) is 55.6 Å². The number of likely N-dealkylation sites (tertiary alicyclic amines) is 1. The molecule has 25 heavy (non-hydrogen) atoms. The van der Waals surface area contributed by atoms with Crippen LogP contribution >= 0.6 is 0 Å². The molecule has 1 fully saturated rings. The molecule has 0 atom stereocenters. The fourth-order valence-electron chi connectivity index (χ4n) is 3.24. The van der Waals surface area contributed by atoms with E-state index < -0.39 is 10.0 Å². The number of benzene rings is 2. The molecule has 0 radical (unpaired) electrons. The number of sulfonamides is 1. The predicted octanol–water partition coefficient (Wildman–Crippen LogP) is 3.19. The summed E-state index contributed by atoms with van der Waals surface area (Å²) in [6.07, 6.45) is 4.46. The molecule has 2 aromatic rings. The highest BCUT2D eigenvalue weighted by molar-refractivity contribution is 7.89. The van der Waals surface area contributed by atoms with Crippen molar-refractivity contribution < 1.29 is 8.42 Å². The number of piperidine rings is 1. The molecule has 1 N–H and O–H groups in total. The lowest BCUT2D eigenvalue weighted by molar-refractivity contribution is 0.221. The summed E-state index contributed by atoms with van der Waals surface area (Å²) >= 11 is 0. The maximum atomic E-state index is 12.5. The maximum Gasteiger partial charge on any atom is 0.240 e. The topological polar surface area (TPSA) is 49.4 Å². The van der Waals surface area contributed by atoms with Crippen LogP contribution in [0.5, 0.6) is 0 Å². The highest BCUT2D eigenvalue weighted by atomic mass is 32.2. The van der Waals surface area contributed by atoms with Crippen molar-refractivity contribution in [2.24, 2.45) is 0 Å². The van der Waals surface area contributed by atoms with Crippen molar-refractivity contribution in [3.8, 4) is 0 Å². The van der Waals surface area contributed by atoms with Crippen molar-refractivity contribution in [2.75, 3.05) is 19.6 Å². The summed E-state index contributed by atoms with van der Waals surface area (Å²) in [4.78, 5) is 2.76. The summed E-state index contributed by atoms with van der Waals surface area (Å²) in [5, 5.41) is 0. The molecule has 1 aliphatic heterocycles. The lowest BCUT2D eigenvalue weighted by Gasteiger charge is -2.26. The van der Waals surface area contributed by atoms with E-state index in [-0.39, 0.29) is 0 Å². The lowest BCUT2D eigenvalue weighted by Crippen LogP contribution is -2.29. The number of hydrogen-bond donors (Lipinski definition) is 1. The van der Waals surface area contributed by atoms with Gasteiger partial charge in [-0.25, -0.2) is 13.1 Å². The van der Waals surface area contributed by atoms with E-state index in [1.165, 1.54) is 19.3 Å². The molecule has 0 spiro atoms. The van der Waals surface area contributed by atoms with Crippen LogP contribution in [-0.2, 0) is 23.0 Å². The molecule has 3 rings (SSSR count). The average Bonchev–Trinajstić information content (AvgIpc) is 2.64. The van der Waals surface area contributed by atoms with Crippen LogP contribution in [0.3, 0.4) is 0 Å². The van der Waals surface area contributed by atoms with Gasteiger partial charge in [-0.2, -0.15) is 0 Å². The molecule has 4 nitrogen and oxygen atoms in total. The van der Waals surface area contributed by atoms with E-state index in [1.54, 1.807) is 12.1 Å². The van der Waals surface area contributed by atoms with E-state index in [0.29, 0.717) is 17.9 Å². The minimum Gasteiger partial charge on any atom is -0.299 e. The van der Waals surface area contributed by atoms with E-state index in [0.717, 1.165) is 30.8 Å². The molecule has 0 aliphatic carbocycles. The van der Waals surface area contributed by atoms with E-state index in [1.807, 2.05) is 42.5 Å². The third kappa shape index (κ3) is 5.39. The Morgan fingerprint density at radius 3 is 2.36 bits per heavy atom. The third-order valence-corrected chi connectivity index (χ3v) is 6.07. The van der Waals surface area contributed by atoms with Crippen molar-refractivity contribution >= 4 is 10.0 Å². The Balaban J connectivity index is 1.60. The molecule has 0 saturated carbocycles. The molecule has 0 bridgehead atoms. The Labute approximate surface area is 150 Å². The van der Waals surface area contributed by atoms with Gasteiger partial charge < -0.3 is 0 Å². The molecule has 5 heteroatoms. The minimum atomic E-state index is -3.46. The van der Waals surface area contributed by atoms with Gasteiger partial charge in [0.05, 0.1) is 4.90 Å². The molecular formula is C20H26N2O2S. The van der Waals surface area contributed by atoms with Gasteiger partial charge in [-0.3, -0.25) is 4.90 Å². The van der Waals surface area contributed by atoms with Crippen LogP contribution in [-0.4, -0.2) is 33.0 Å². The zero-order chi connectivity index (χ0) is 17.5. The summed E-state index contributed by atoms with van der Waals surface area (Å²) in [5.74, 6) is 0. The van der Waals surface area contributed by atoms with E-state index in [2.05, 4.69) is 9.62 Å². The van der Waals surface area contributed by atoms with Gasteiger partial charge in [0, 0.05) is 13.1 Å². The monoisotopic (exact) mass is 358 g/mol. The highest BCUT2D eigenvalue weighted by Crippen LogP contribution is 2.16. The Hall–Kier alpha value is -1.69. The molecule has 0 aromatic heterocycles. The summed E-state index contributed by atoms with van der Waals surface area (Å²) in [6, 6.07) is 17.2. The molecule has 1 heterocycles. The zero-order valence-electron chi connectivity index (χ0n) is 14.5. The van der Waals surface area contributed by atoms with Gasteiger partial charge in [0.25, 0.3) is 0 Å². The first-order chi connectivity index (χ1) is 12.1. The first-order valence-electron chi connectivity index (χ1n) is 8.98. The van der Waals surface area contributed by atoms with Crippen molar-refractivity contribution in [2.45, 2.75) is 37.1 Å². The quantitative estimate of drug-likeness (QED) is 0.827. The number of rotatable bonds is 7. The Morgan fingerprint density at radius 1 is 0.880 bits per heavy atom. The fourth-order valence-corrected chi connectivity index (χ4v) is 4.35. The average molecular weight is 359 g/mol. The van der Waals surface area contributed by atoms with Crippen LogP contribution in [0.2, 0.25) is 0 Å². The second-order valence-electron chi connectivity index (χ2n) is 6.62. The largest absolute Gasteiger partial charge is 0.299 e. The van der Waals surface area contributed by atoms with Crippen molar-refractivity contribution in [1.82, 2.24) is 9.62 Å². The van der Waals surface area contributed by atoms with Gasteiger partial charge in [-0.15, -0.1) is 0 Å². The van der Waals surface area contributed by atoms with Crippen LogP contribution < -0.4 is 4.72 Å². The third-order valence-electron chi connectivity index (χ3n) is 4.61. The number of nitrogens with zero attached hydrogens (tertiary/aromatic N) is 1. The van der Waals surface area contributed by atoms with Gasteiger partial charge in [-0.1, -0.05) is 48.9 Å². The van der Waals surface area contributed by atoms with Crippen LogP contribution in [0, 0.1) is 0 Å². The van der Waals surface area contributed by atoms with Crippen molar-refractivity contribution in [1.29, 1.82) is 0 Å². The zero-order valence-corrected chi connectivity index (χ0v) is 15.3.